The lowest BCUT2D eigenvalue weighted by Gasteiger charge is -2.29. The molecule has 0 heterocycles. The molecular formula is C37H33F6NO. The van der Waals surface area contributed by atoms with Gasteiger partial charge in [-0.1, -0.05) is 56.9 Å². The van der Waals surface area contributed by atoms with Gasteiger partial charge in [-0.2, -0.15) is 14.0 Å². The summed E-state index contributed by atoms with van der Waals surface area (Å²) in [5.41, 5.74) is -0.192. The van der Waals surface area contributed by atoms with Crippen LogP contribution in [-0.2, 0) is 6.11 Å². The van der Waals surface area contributed by atoms with Gasteiger partial charge in [-0.05, 0) is 96.7 Å². The highest BCUT2D eigenvalue weighted by atomic mass is 19.3. The number of hydrogen-bond acceptors (Lipinski definition) is 2. The number of ether oxygens (including phenoxy) is 1. The predicted octanol–water partition coefficient (Wildman–Crippen LogP) is 11.4. The van der Waals surface area contributed by atoms with E-state index in [-0.39, 0.29) is 33.7 Å². The number of alkyl halides is 2. The van der Waals surface area contributed by atoms with E-state index in [0.29, 0.717) is 11.5 Å². The van der Waals surface area contributed by atoms with Crippen LogP contribution in [0.25, 0.3) is 22.3 Å². The largest absolute Gasteiger partial charge is 0.429 e. The summed E-state index contributed by atoms with van der Waals surface area (Å²) in [7, 11) is 0. The van der Waals surface area contributed by atoms with E-state index in [1.54, 1.807) is 6.07 Å². The average Bonchev–Trinajstić information content (AvgIpc) is 3.01. The second-order valence-electron chi connectivity index (χ2n) is 11.7. The molecule has 45 heavy (non-hydrogen) atoms. The van der Waals surface area contributed by atoms with Crippen molar-refractivity contribution in [1.82, 2.24) is 0 Å². The SMILES string of the molecule is CCCCCC1CCC(c2ccc(C(F)(F)Oc3ccc(-c4ccc(-c5ccc(C#N)c(F)c5)c(F)c4)c(F)c3)c(F)c2)CC1. The molecule has 0 bridgehead atoms. The molecule has 0 saturated heterocycles. The maximum absolute atomic E-state index is 15.1. The Morgan fingerprint density at radius 1 is 0.733 bits per heavy atom. The Bertz CT molecular complexity index is 1700. The molecule has 4 aromatic carbocycles. The predicted molar refractivity (Wildman–Crippen MR) is 162 cm³/mol. The van der Waals surface area contributed by atoms with E-state index in [2.05, 4.69) is 6.92 Å². The molecule has 4 aromatic rings. The minimum Gasteiger partial charge on any atom is -0.429 e. The summed E-state index contributed by atoms with van der Waals surface area (Å²) in [6.45, 7) is 2.18. The molecular weight excluding hydrogens is 588 g/mol. The molecule has 0 N–H and O–H groups in total. The van der Waals surface area contributed by atoms with Crippen LogP contribution >= 0.6 is 0 Å². The highest BCUT2D eigenvalue weighted by Crippen LogP contribution is 2.40. The summed E-state index contributed by atoms with van der Waals surface area (Å²) in [5, 5.41) is 8.89. The summed E-state index contributed by atoms with van der Waals surface area (Å²) >= 11 is 0. The zero-order chi connectivity index (χ0) is 32.1. The van der Waals surface area contributed by atoms with Crippen molar-refractivity contribution in [2.75, 3.05) is 0 Å². The van der Waals surface area contributed by atoms with Gasteiger partial charge in [0.1, 0.15) is 35.1 Å². The lowest BCUT2D eigenvalue weighted by atomic mass is 9.77. The van der Waals surface area contributed by atoms with Gasteiger partial charge in [0, 0.05) is 17.2 Å². The molecule has 0 spiro atoms. The topological polar surface area (TPSA) is 33.0 Å². The van der Waals surface area contributed by atoms with Crippen LogP contribution in [-0.4, -0.2) is 0 Å². The van der Waals surface area contributed by atoms with E-state index in [1.807, 2.05) is 0 Å². The Morgan fingerprint density at radius 2 is 1.38 bits per heavy atom. The van der Waals surface area contributed by atoms with E-state index in [4.69, 9.17) is 10.00 Å². The van der Waals surface area contributed by atoms with Crippen molar-refractivity contribution < 1.29 is 31.1 Å². The first-order valence-corrected chi connectivity index (χ1v) is 15.3. The Labute approximate surface area is 259 Å². The standard InChI is InChI=1S/C37H33F6NO/c1-2-3-4-5-23-6-8-24(9-7-23)25-13-17-32(36(41)18-25)37(42,43)45-29-14-16-31(35(40)21-29)27-12-15-30(34(39)20-27)26-10-11-28(22-44)33(38)19-26/h10-21,23-24H,2-9H2,1H3. The van der Waals surface area contributed by atoms with Gasteiger partial charge in [0.15, 0.2) is 0 Å². The molecule has 0 aromatic heterocycles. The van der Waals surface area contributed by atoms with Crippen LogP contribution < -0.4 is 4.74 Å². The zero-order valence-electron chi connectivity index (χ0n) is 24.9. The van der Waals surface area contributed by atoms with Gasteiger partial charge in [0.2, 0.25) is 0 Å². The van der Waals surface area contributed by atoms with Crippen molar-refractivity contribution in [3.8, 4) is 34.1 Å². The summed E-state index contributed by atoms with van der Waals surface area (Å²) in [6, 6.07) is 15.8. The summed E-state index contributed by atoms with van der Waals surface area (Å²) in [6.07, 6.45) is 4.63. The number of rotatable bonds is 10. The maximum Gasteiger partial charge on any atom is 0.429 e. The monoisotopic (exact) mass is 621 g/mol. The Balaban J connectivity index is 1.27. The minimum absolute atomic E-state index is 0.0327. The van der Waals surface area contributed by atoms with E-state index in [0.717, 1.165) is 68.1 Å². The van der Waals surface area contributed by atoms with E-state index >= 15 is 13.2 Å². The van der Waals surface area contributed by atoms with Crippen LogP contribution in [0.5, 0.6) is 5.75 Å². The molecule has 1 aliphatic carbocycles. The lowest BCUT2D eigenvalue weighted by Crippen LogP contribution is -2.24. The van der Waals surface area contributed by atoms with Crippen molar-refractivity contribution in [3.05, 3.63) is 113 Å². The third kappa shape index (κ3) is 7.36. The van der Waals surface area contributed by atoms with Crippen LogP contribution in [0.3, 0.4) is 0 Å². The van der Waals surface area contributed by atoms with E-state index in [9.17, 15) is 13.2 Å². The molecule has 8 heteroatoms. The van der Waals surface area contributed by atoms with Crippen molar-refractivity contribution >= 4 is 0 Å². The molecule has 0 unspecified atom stereocenters. The molecule has 1 saturated carbocycles. The van der Waals surface area contributed by atoms with Gasteiger partial charge in [0.05, 0.1) is 11.1 Å². The fraction of sp³-hybridized carbons (Fsp3) is 0.324. The lowest BCUT2D eigenvalue weighted by molar-refractivity contribution is -0.187. The first-order valence-electron chi connectivity index (χ1n) is 15.3. The Morgan fingerprint density at radius 3 is 1.98 bits per heavy atom. The first kappa shape index (κ1) is 32.2. The molecule has 0 radical (unpaired) electrons. The number of benzene rings is 4. The normalized spacial score (nSPS) is 16.8. The number of halogens is 6. The fourth-order valence-corrected chi connectivity index (χ4v) is 6.18. The summed E-state index contributed by atoms with van der Waals surface area (Å²) in [5.74, 6) is -3.37. The van der Waals surface area contributed by atoms with Gasteiger partial charge in [0.25, 0.3) is 0 Å². The van der Waals surface area contributed by atoms with Gasteiger partial charge < -0.3 is 4.74 Å². The quantitative estimate of drug-likeness (QED) is 0.130. The molecule has 0 amide bonds. The van der Waals surface area contributed by atoms with E-state index in [1.165, 1.54) is 56.0 Å². The van der Waals surface area contributed by atoms with Crippen LogP contribution in [0, 0.1) is 40.5 Å². The fourth-order valence-electron chi connectivity index (χ4n) is 6.18. The zero-order valence-corrected chi connectivity index (χ0v) is 24.9. The van der Waals surface area contributed by atoms with Gasteiger partial charge in [-0.3, -0.25) is 0 Å². The van der Waals surface area contributed by atoms with Crippen LogP contribution in [0.15, 0.2) is 72.8 Å². The van der Waals surface area contributed by atoms with E-state index < -0.39 is 40.7 Å². The molecule has 2 nitrogen and oxygen atoms in total. The molecule has 0 aliphatic heterocycles. The number of nitriles is 1. The average molecular weight is 622 g/mol. The van der Waals surface area contributed by atoms with Gasteiger partial charge in [-0.15, -0.1) is 0 Å². The molecule has 5 rings (SSSR count). The Hall–Kier alpha value is -4.25. The third-order valence-corrected chi connectivity index (χ3v) is 8.71. The van der Waals surface area contributed by atoms with Gasteiger partial charge in [-0.25, -0.2) is 17.6 Å². The highest BCUT2D eigenvalue weighted by molar-refractivity contribution is 5.72. The smallest absolute Gasteiger partial charge is 0.429 e. The maximum atomic E-state index is 15.1. The molecule has 1 aliphatic rings. The van der Waals surface area contributed by atoms with Crippen LogP contribution in [0.2, 0.25) is 0 Å². The number of unbranched alkanes of at least 4 members (excludes halogenated alkanes) is 2. The highest BCUT2D eigenvalue weighted by Gasteiger charge is 2.38. The minimum atomic E-state index is -4.07. The molecule has 0 atom stereocenters. The second-order valence-corrected chi connectivity index (χ2v) is 11.7. The van der Waals surface area contributed by atoms with Gasteiger partial charge >= 0.3 is 6.11 Å². The van der Waals surface area contributed by atoms with Crippen molar-refractivity contribution in [2.24, 2.45) is 5.92 Å². The number of hydrogen-bond donors (Lipinski definition) is 0. The van der Waals surface area contributed by atoms with Crippen molar-refractivity contribution in [3.63, 3.8) is 0 Å². The molecule has 1 fully saturated rings. The summed E-state index contributed by atoms with van der Waals surface area (Å²) < 4.78 is 94.0. The molecule has 234 valence electrons. The Kier molecular flexibility index (Phi) is 9.86. The second kappa shape index (κ2) is 13.8. The third-order valence-electron chi connectivity index (χ3n) is 8.71. The van der Waals surface area contributed by atoms with Crippen molar-refractivity contribution in [2.45, 2.75) is 70.3 Å². The van der Waals surface area contributed by atoms with Crippen LogP contribution in [0.4, 0.5) is 26.3 Å². The van der Waals surface area contributed by atoms with Crippen LogP contribution in [0.1, 0.15) is 80.9 Å². The summed E-state index contributed by atoms with van der Waals surface area (Å²) in [4.78, 5) is 0. The number of nitrogens with zero attached hydrogens (tertiary/aromatic N) is 1. The van der Waals surface area contributed by atoms with Crippen molar-refractivity contribution in [1.29, 1.82) is 5.26 Å². The first-order chi connectivity index (χ1) is 21.6.